The van der Waals surface area contributed by atoms with Crippen LogP contribution in [0.25, 0.3) is 5.65 Å². The number of halogens is 2. The van der Waals surface area contributed by atoms with Crippen molar-refractivity contribution in [2.45, 2.75) is 44.2 Å². The predicted molar refractivity (Wildman–Crippen MR) is 130 cm³/mol. The van der Waals surface area contributed by atoms with Gasteiger partial charge in [0.05, 0.1) is 23.2 Å². The topological polar surface area (TPSA) is 135 Å². The maximum absolute atomic E-state index is 13.4. The molecule has 3 amide bonds. The minimum Gasteiger partial charge on any atom is -0.350 e. The molecule has 10 nitrogen and oxygen atoms in total. The summed E-state index contributed by atoms with van der Waals surface area (Å²) >= 11 is 5.80. The Bertz CT molecular complexity index is 1420. The summed E-state index contributed by atoms with van der Waals surface area (Å²) in [5.74, 6) is -1.60. The molecule has 3 heterocycles. The molecule has 1 aromatic carbocycles. The highest BCUT2D eigenvalue weighted by Gasteiger charge is 2.47. The summed E-state index contributed by atoms with van der Waals surface area (Å²) in [6.07, 6.45) is 3.92. The Balaban J connectivity index is 1.23. The lowest BCUT2D eigenvalue weighted by atomic mass is 9.75. The summed E-state index contributed by atoms with van der Waals surface area (Å²) in [4.78, 5) is 54.0. The monoisotopic (exact) mass is 526 g/mol. The van der Waals surface area contributed by atoms with Gasteiger partial charge >= 0.3 is 0 Å². The number of Topliss-reactive ketones (excluding diaryl/α,β-unsaturated/α-hetero) is 1. The molecule has 2 fully saturated rings. The molecule has 0 atom stereocenters. The van der Waals surface area contributed by atoms with Crippen molar-refractivity contribution < 1.29 is 23.6 Å². The lowest BCUT2D eigenvalue weighted by molar-refractivity contribution is -0.124. The Morgan fingerprint density at radius 1 is 1.14 bits per heavy atom. The maximum Gasteiger partial charge on any atom is 0.270 e. The molecule has 37 heavy (non-hydrogen) atoms. The van der Waals surface area contributed by atoms with Crippen molar-refractivity contribution in [1.29, 1.82) is 0 Å². The number of amides is 3. The Hall–Kier alpha value is -3.86. The van der Waals surface area contributed by atoms with Gasteiger partial charge in [-0.25, -0.2) is 13.9 Å². The van der Waals surface area contributed by atoms with Crippen LogP contribution < -0.4 is 16.0 Å². The fourth-order valence-electron chi connectivity index (χ4n) is 4.92. The number of nitrogens with one attached hydrogen (secondary N) is 3. The Kier molecular flexibility index (Phi) is 6.63. The van der Waals surface area contributed by atoms with Gasteiger partial charge in [0.15, 0.2) is 11.4 Å². The lowest BCUT2D eigenvalue weighted by Crippen LogP contribution is -2.50. The number of fused-ring (bicyclic) bond motifs is 1. The van der Waals surface area contributed by atoms with Crippen LogP contribution in [-0.2, 0) is 16.1 Å². The lowest BCUT2D eigenvalue weighted by Gasteiger charge is -2.35. The van der Waals surface area contributed by atoms with E-state index in [2.05, 4.69) is 26.0 Å². The molecule has 0 bridgehead atoms. The summed E-state index contributed by atoms with van der Waals surface area (Å²) in [6, 6.07) is 7.10. The van der Waals surface area contributed by atoms with Gasteiger partial charge in [-0.2, -0.15) is 5.10 Å². The average molecular weight is 527 g/mol. The molecule has 1 aliphatic carbocycles. The van der Waals surface area contributed by atoms with Crippen LogP contribution >= 0.6 is 11.6 Å². The third-order valence-electron chi connectivity index (χ3n) is 7.01. The second-order valence-corrected chi connectivity index (χ2v) is 9.85. The largest absolute Gasteiger partial charge is 0.350 e. The van der Waals surface area contributed by atoms with Gasteiger partial charge in [-0.15, -0.1) is 0 Å². The summed E-state index contributed by atoms with van der Waals surface area (Å²) in [7, 11) is 0. The van der Waals surface area contributed by atoms with E-state index in [9.17, 15) is 23.6 Å². The molecule has 0 radical (unpaired) electrons. The summed E-state index contributed by atoms with van der Waals surface area (Å²) < 4.78 is 14.7. The van der Waals surface area contributed by atoms with Crippen molar-refractivity contribution in [3.63, 3.8) is 0 Å². The van der Waals surface area contributed by atoms with E-state index in [4.69, 9.17) is 11.6 Å². The molecule has 192 valence electrons. The second kappa shape index (κ2) is 9.89. The number of aromatic nitrogens is 3. The minimum absolute atomic E-state index is 0.0291. The van der Waals surface area contributed by atoms with Crippen molar-refractivity contribution in [2.75, 3.05) is 6.54 Å². The Morgan fingerprint density at radius 3 is 2.62 bits per heavy atom. The molecule has 1 saturated heterocycles. The third-order valence-corrected chi connectivity index (χ3v) is 7.29. The van der Waals surface area contributed by atoms with Gasteiger partial charge in [0.2, 0.25) is 5.91 Å². The highest BCUT2D eigenvalue weighted by atomic mass is 35.5. The van der Waals surface area contributed by atoms with E-state index >= 15 is 0 Å². The first-order chi connectivity index (χ1) is 17.7. The van der Waals surface area contributed by atoms with Crippen LogP contribution in [0.3, 0.4) is 0 Å². The molecule has 1 aliphatic heterocycles. The molecule has 12 heteroatoms. The summed E-state index contributed by atoms with van der Waals surface area (Å²) in [6.45, 7) is 0.480. The first-order valence-electron chi connectivity index (χ1n) is 11.9. The fraction of sp³-hybridized carbons (Fsp3) is 0.360. The Morgan fingerprint density at radius 2 is 1.92 bits per heavy atom. The molecule has 3 N–H and O–H groups in total. The molecule has 0 unspecified atom stereocenters. The van der Waals surface area contributed by atoms with Crippen LogP contribution in [-0.4, -0.2) is 50.2 Å². The van der Waals surface area contributed by atoms with Crippen LogP contribution in [0.4, 0.5) is 4.39 Å². The number of benzene rings is 1. The SMILES string of the molecule is O=C1CC(=O)C2(CCC(CNC(=O)c3cc(C(=O)NCc4ccc(F)c(Cl)c4)nc4ccnn34)CC2)N1. The second-order valence-electron chi connectivity index (χ2n) is 9.44. The summed E-state index contributed by atoms with van der Waals surface area (Å²) in [5, 5.41) is 12.5. The van der Waals surface area contributed by atoms with Crippen LogP contribution in [0.2, 0.25) is 5.02 Å². The number of rotatable bonds is 6. The molecule has 2 aromatic heterocycles. The molecule has 1 saturated carbocycles. The summed E-state index contributed by atoms with van der Waals surface area (Å²) in [5.41, 5.74) is 0.372. The molecular formula is C25H24ClFN6O4. The average Bonchev–Trinajstić information content (AvgIpc) is 3.47. The number of hydrogen-bond acceptors (Lipinski definition) is 6. The quantitative estimate of drug-likeness (QED) is 0.421. The molecule has 5 rings (SSSR count). The standard InChI is InChI=1S/C25H24ClFN6O4/c26-16-9-15(1-2-17(16)27)13-28-23(36)18-10-19(33-21(31-18)5-8-30-33)24(37)29-12-14-3-6-25(7-4-14)20(34)11-22(35)32-25/h1-2,5,8-10,14H,3-4,6-7,11-13H2,(H,28,36)(H,29,37)(H,32,35). The number of hydrogen-bond donors (Lipinski definition) is 3. The van der Waals surface area contributed by atoms with Gasteiger partial charge in [-0.05, 0) is 49.3 Å². The molecule has 3 aromatic rings. The van der Waals surface area contributed by atoms with E-state index in [1.807, 2.05) is 0 Å². The van der Waals surface area contributed by atoms with Crippen LogP contribution in [0, 0.1) is 11.7 Å². The van der Waals surface area contributed by atoms with Crippen LogP contribution in [0.15, 0.2) is 36.5 Å². The number of carbonyl (C=O) groups is 4. The number of carbonyl (C=O) groups excluding carboxylic acids is 4. The van der Waals surface area contributed by atoms with E-state index in [1.54, 1.807) is 6.07 Å². The van der Waals surface area contributed by atoms with Crippen molar-refractivity contribution in [2.24, 2.45) is 5.92 Å². The van der Waals surface area contributed by atoms with E-state index < -0.39 is 23.2 Å². The highest BCUT2D eigenvalue weighted by molar-refractivity contribution is 6.30. The van der Waals surface area contributed by atoms with Gasteiger partial charge in [-0.3, -0.25) is 19.2 Å². The predicted octanol–water partition coefficient (Wildman–Crippen LogP) is 2.20. The minimum atomic E-state index is -0.745. The van der Waals surface area contributed by atoms with Crippen molar-refractivity contribution in [1.82, 2.24) is 30.5 Å². The first-order valence-corrected chi connectivity index (χ1v) is 12.3. The van der Waals surface area contributed by atoms with Crippen molar-refractivity contribution in [3.8, 4) is 0 Å². The zero-order chi connectivity index (χ0) is 26.2. The zero-order valence-corrected chi connectivity index (χ0v) is 20.5. The van der Waals surface area contributed by atoms with E-state index in [-0.39, 0.29) is 47.0 Å². The molecule has 2 aliphatic rings. The smallest absolute Gasteiger partial charge is 0.270 e. The third kappa shape index (κ3) is 5.04. The van der Waals surface area contributed by atoms with Gasteiger partial charge in [0.1, 0.15) is 17.2 Å². The van der Waals surface area contributed by atoms with Gasteiger partial charge in [0.25, 0.3) is 11.8 Å². The fourth-order valence-corrected chi connectivity index (χ4v) is 5.12. The van der Waals surface area contributed by atoms with Crippen molar-refractivity contribution in [3.05, 3.63) is 64.3 Å². The molecular weight excluding hydrogens is 503 g/mol. The van der Waals surface area contributed by atoms with Gasteiger partial charge in [-0.1, -0.05) is 17.7 Å². The van der Waals surface area contributed by atoms with Gasteiger partial charge in [0, 0.05) is 25.2 Å². The van der Waals surface area contributed by atoms with E-state index in [0.29, 0.717) is 43.4 Å². The normalized spacial score (nSPS) is 21.3. The maximum atomic E-state index is 13.4. The first kappa shape index (κ1) is 24.8. The van der Waals surface area contributed by atoms with Gasteiger partial charge < -0.3 is 16.0 Å². The highest BCUT2D eigenvalue weighted by Crippen LogP contribution is 2.36. The molecule has 1 spiro atoms. The van der Waals surface area contributed by atoms with Crippen LogP contribution in [0.1, 0.15) is 58.6 Å². The number of ketones is 1. The van der Waals surface area contributed by atoms with Crippen molar-refractivity contribution >= 4 is 40.8 Å². The van der Waals surface area contributed by atoms with E-state index in [0.717, 1.165) is 0 Å². The zero-order valence-electron chi connectivity index (χ0n) is 19.7. The Labute approximate surface area is 216 Å². The number of nitrogens with zero attached hydrogens (tertiary/aromatic N) is 3. The van der Waals surface area contributed by atoms with Crippen LogP contribution in [0.5, 0.6) is 0 Å². The van der Waals surface area contributed by atoms with E-state index in [1.165, 1.54) is 35.0 Å².